The second-order valence-corrected chi connectivity index (χ2v) is 12.2. The number of anilines is 2. The summed E-state index contributed by atoms with van der Waals surface area (Å²) in [5.41, 5.74) is 1.84. The Labute approximate surface area is 227 Å². The van der Waals surface area contributed by atoms with Crippen molar-refractivity contribution < 1.29 is 27.1 Å². The molecule has 2 aliphatic rings. The number of likely N-dealkylation sites (N-methyl/N-ethyl adjacent to an activating group) is 1. The third-order valence-electron chi connectivity index (χ3n) is 7.33. The first-order valence-electron chi connectivity index (χ1n) is 12.7. The van der Waals surface area contributed by atoms with E-state index in [0.29, 0.717) is 41.5 Å². The summed E-state index contributed by atoms with van der Waals surface area (Å²) in [7, 11) is -0.324. The smallest absolute Gasteiger partial charge is 0.238 e. The van der Waals surface area contributed by atoms with Gasteiger partial charge in [0.1, 0.15) is 18.1 Å². The SMILES string of the molecule is CO[C@H]1C[C@@]2(C1)C(=O)N(C)c1cnc3cc(F)c(-c4cnc(OCCNC(C)C)c(NS(C)(=O)=O)c4)cc3c12. The lowest BCUT2D eigenvalue weighted by Gasteiger charge is -2.43. The first kappa shape index (κ1) is 27.2. The van der Waals surface area contributed by atoms with Gasteiger partial charge in [-0.3, -0.25) is 14.5 Å². The number of nitrogens with one attached hydrogen (secondary N) is 2. The van der Waals surface area contributed by atoms with Crippen LogP contribution in [0.25, 0.3) is 22.0 Å². The largest absolute Gasteiger partial charge is 0.475 e. The first-order valence-corrected chi connectivity index (χ1v) is 14.6. The summed E-state index contributed by atoms with van der Waals surface area (Å²) in [5.74, 6) is -0.488. The molecular weight excluding hydrogens is 525 g/mol. The summed E-state index contributed by atoms with van der Waals surface area (Å²) in [5, 5.41) is 3.87. The number of hydrogen-bond donors (Lipinski definition) is 2. The van der Waals surface area contributed by atoms with E-state index >= 15 is 4.39 Å². The Morgan fingerprint density at radius 1 is 1.21 bits per heavy atom. The molecule has 1 aliphatic carbocycles. The second-order valence-electron chi connectivity index (χ2n) is 10.5. The Bertz CT molecular complexity index is 1560. The summed E-state index contributed by atoms with van der Waals surface area (Å²) < 4.78 is 53.2. The van der Waals surface area contributed by atoms with Crippen LogP contribution in [-0.2, 0) is 25.0 Å². The van der Waals surface area contributed by atoms with Crippen LogP contribution in [0.3, 0.4) is 0 Å². The Kier molecular flexibility index (Phi) is 6.98. The highest BCUT2D eigenvalue weighted by Gasteiger charge is 2.58. The highest BCUT2D eigenvalue weighted by Crippen LogP contribution is 2.56. The number of fused-ring (bicyclic) bond motifs is 4. The standard InChI is InChI=1S/C27H32FN5O5S/c1-15(2)29-6-7-38-25-22(32-39(5,35)36)8-16(13-31-25)18-9-19-21(10-20(18)28)30-14-23-24(19)27(26(34)33(23)3)11-17(12-27)37-4/h8-10,13-15,17,29,32H,6-7,11-12H2,1-5H3/t17-,27-. The molecule has 1 saturated carbocycles. The predicted molar refractivity (Wildman–Crippen MR) is 147 cm³/mol. The molecule has 12 heteroatoms. The van der Waals surface area contributed by atoms with E-state index in [2.05, 4.69) is 20.0 Å². The monoisotopic (exact) mass is 557 g/mol. The summed E-state index contributed by atoms with van der Waals surface area (Å²) in [6.45, 7) is 4.81. The van der Waals surface area contributed by atoms with E-state index in [0.717, 1.165) is 11.8 Å². The number of amides is 1. The van der Waals surface area contributed by atoms with Crippen LogP contribution < -0.4 is 19.7 Å². The molecule has 5 rings (SSSR count). The molecule has 0 unspecified atom stereocenters. The van der Waals surface area contributed by atoms with Crippen molar-refractivity contribution in [1.82, 2.24) is 15.3 Å². The molecule has 3 aromatic rings. The van der Waals surface area contributed by atoms with Gasteiger partial charge in [0.2, 0.25) is 21.8 Å². The summed E-state index contributed by atoms with van der Waals surface area (Å²) in [6.07, 6.45) is 5.11. The quantitative estimate of drug-likeness (QED) is 0.385. The minimum Gasteiger partial charge on any atom is -0.475 e. The van der Waals surface area contributed by atoms with Crippen molar-refractivity contribution in [2.45, 2.75) is 44.2 Å². The molecule has 1 aromatic carbocycles. The van der Waals surface area contributed by atoms with E-state index in [4.69, 9.17) is 9.47 Å². The molecule has 0 radical (unpaired) electrons. The molecule has 0 atom stereocenters. The maximum Gasteiger partial charge on any atom is 0.238 e. The Hall–Kier alpha value is -3.35. The zero-order chi connectivity index (χ0) is 28.1. The number of carbonyl (C=O) groups excluding carboxylic acids is 1. The van der Waals surface area contributed by atoms with Gasteiger partial charge in [0.05, 0.1) is 35.2 Å². The highest BCUT2D eigenvalue weighted by atomic mass is 32.2. The van der Waals surface area contributed by atoms with Crippen LogP contribution in [0.4, 0.5) is 15.8 Å². The molecule has 1 fully saturated rings. The lowest BCUT2D eigenvalue weighted by Crippen LogP contribution is -2.51. The number of pyridine rings is 2. The second kappa shape index (κ2) is 10.00. The van der Waals surface area contributed by atoms with Crippen LogP contribution >= 0.6 is 0 Å². The number of aromatic nitrogens is 2. The van der Waals surface area contributed by atoms with Crippen molar-refractivity contribution in [3.8, 4) is 17.0 Å². The average Bonchev–Trinajstić information content (AvgIpc) is 3.07. The van der Waals surface area contributed by atoms with E-state index in [1.807, 2.05) is 13.8 Å². The fourth-order valence-electron chi connectivity index (χ4n) is 5.46. The lowest BCUT2D eigenvalue weighted by atomic mass is 9.62. The van der Waals surface area contributed by atoms with E-state index in [1.54, 1.807) is 31.3 Å². The normalized spacial score (nSPS) is 20.5. The van der Waals surface area contributed by atoms with Crippen molar-refractivity contribution in [1.29, 1.82) is 0 Å². The molecule has 2 N–H and O–H groups in total. The van der Waals surface area contributed by atoms with E-state index in [-0.39, 0.29) is 41.8 Å². The molecule has 1 amide bonds. The van der Waals surface area contributed by atoms with Crippen molar-refractivity contribution in [3.05, 3.63) is 42.0 Å². The van der Waals surface area contributed by atoms with Gasteiger partial charge in [-0.05, 0) is 25.0 Å². The van der Waals surface area contributed by atoms with Gasteiger partial charge >= 0.3 is 0 Å². The molecule has 1 aliphatic heterocycles. The van der Waals surface area contributed by atoms with Gasteiger partial charge in [-0.15, -0.1) is 0 Å². The van der Waals surface area contributed by atoms with Gasteiger partial charge in [0.15, 0.2) is 0 Å². The number of sulfonamides is 1. The van der Waals surface area contributed by atoms with Crippen molar-refractivity contribution in [2.24, 2.45) is 0 Å². The van der Waals surface area contributed by atoms with Gasteiger partial charge in [0, 0.05) is 61.1 Å². The minimum atomic E-state index is -3.67. The average molecular weight is 558 g/mol. The van der Waals surface area contributed by atoms with Crippen LogP contribution in [0.2, 0.25) is 0 Å². The Balaban J connectivity index is 1.59. The maximum atomic E-state index is 15.5. The highest BCUT2D eigenvalue weighted by molar-refractivity contribution is 7.92. The molecule has 0 bridgehead atoms. The van der Waals surface area contributed by atoms with Crippen LogP contribution in [0, 0.1) is 5.82 Å². The zero-order valence-electron chi connectivity index (χ0n) is 22.5. The lowest BCUT2D eigenvalue weighted by molar-refractivity contribution is -0.131. The van der Waals surface area contributed by atoms with E-state index in [1.165, 1.54) is 18.3 Å². The van der Waals surface area contributed by atoms with Gasteiger partial charge in [-0.25, -0.2) is 17.8 Å². The van der Waals surface area contributed by atoms with Gasteiger partial charge < -0.3 is 19.7 Å². The number of hydrogen-bond acceptors (Lipinski definition) is 8. The zero-order valence-corrected chi connectivity index (χ0v) is 23.4. The van der Waals surface area contributed by atoms with Crippen molar-refractivity contribution in [3.63, 3.8) is 0 Å². The summed E-state index contributed by atoms with van der Waals surface area (Å²) in [4.78, 5) is 23.7. The number of nitrogens with zero attached hydrogens (tertiary/aromatic N) is 3. The number of benzene rings is 1. The third kappa shape index (κ3) is 4.92. The summed E-state index contributed by atoms with van der Waals surface area (Å²) in [6, 6.07) is 4.76. The Morgan fingerprint density at radius 2 is 1.95 bits per heavy atom. The van der Waals surface area contributed by atoms with Crippen LogP contribution in [0.1, 0.15) is 32.3 Å². The van der Waals surface area contributed by atoms with Crippen LogP contribution in [0.5, 0.6) is 5.88 Å². The molecule has 3 heterocycles. The number of halogens is 1. The molecule has 39 heavy (non-hydrogen) atoms. The molecule has 208 valence electrons. The predicted octanol–water partition coefficient (Wildman–Crippen LogP) is 3.21. The van der Waals surface area contributed by atoms with Gasteiger partial charge in [-0.2, -0.15) is 0 Å². The third-order valence-corrected chi connectivity index (χ3v) is 7.92. The topological polar surface area (TPSA) is 123 Å². The van der Waals surface area contributed by atoms with E-state index in [9.17, 15) is 13.2 Å². The summed E-state index contributed by atoms with van der Waals surface area (Å²) >= 11 is 0. The minimum absolute atomic E-state index is 0.0271. The number of ether oxygens (including phenoxy) is 2. The molecular formula is C27H32FN5O5S. The number of methoxy groups -OCH3 is 1. The van der Waals surface area contributed by atoms with Crippen molar-refractivity contribution >= 4 is 38.2 Å². The number of rotatable bonds is 9. The van der Waals surface area contributed by atoms with Gasteiger partial charge in [-0.1, -0.05) is 13.8 Å². The Morgan fingerprint density at radius 3 is 2.62 bits per heavy atom. The molecule has 0 saturated heterocycles. The van der Waals surface area contributed by atoms with Crippen molar-refractivity contribution in [2.75, 3.05) is 43.2 Å². The molecule has 1 spiro atoms. The molecule has 10 nitrogen and oxygen atoms in total. The number of carbonyl (C=O) groups is 1. The van der Waals surface area contributed by atoms with E-state index < -0.39 is 21.3 Å². The first-order chi connectivity index (χ1) is 18.4. The van der Waals surface area contributed by atoms with Gasteiger partial charge in [0.25, 0.3) is 0 Å². The maximum absolute atomic E-state index is 15.5. The van der Waals surface area contributed by atoms with Crippen LogP contribution in [0.15, 0.2) is 30.6 Å². The fraction of sp³-hybridized carbons (Fsp3) is 0.444. The fourth-order valence-corrected chi connectivity index (χ4v) is 6.01. The molecule has 2 aromatic heterocycles. The van der Waals surface area contributed by atoms with Crippen LogP contribution in [-0.4, -0.2) is 70.0 Å².